The molecule has 1 saturated carbocycles. The highest BCUT2D eigenvalue weighted by Gasteiger charge is 2.14. The van der Waals surface area contributed by atoms with Crippen molar-refractivity contribution in [2.45, 2.75) is 57.9 Å². The first-order valence-corrected chi connectivity index (χ1v) is 6.97. The predicted molar refractivity (Wildman–Crippen MR) is 72.2 cm³/mol. The van der Waals surface area contributed by atoms with E-state index in [2.05, 4.69) is 17.2 Å². The molecule has 0 atom stereocenters. The molecule has 0 aromatic heterocycles. The van der Waals surface area contributed by atoms with Gasteiger partial charge in [-0.05, 0) is 25.7 Å². The second kappa shape index (κ2) is 9.28. The molecular weight excluding hydrogens is 214 g/mol. The molecule has 0 spiro atoms. The van der Waals surface area contributed by atoms with Crippen LogP contribution in [0.4, 0.5) is 0 Å². The van der Waals surface area contributed by atoms with Crippen LogP contribution in [-0.4, -0.2) is 31.8 Å². The summed E-state index contributed by atoms with van der Waals surface area (Å²) < 4.78 is 5.46. The largest absolute Gasteiger partial charge is 0.381 e. The van der Waals surface area contributed by atoms with E-state index in [-0.39, 0.29) is 0 Å². The third-order valence-electron chi connectivity index (χ3n) is 3.08. The van der Waals surface area contributed by atoms with Gasteiger partial charge in [-0.15, -0.1) is 0 Å². The standard InChI is InChI=1S/C13H27N3O/c1-2-3-10-17-11-6-9-15-13(14)16-12-7-4-5-8-12/h12H,2-11H2,1H3,(H3,14,15,16). The molecule has 3 N–H and O–H groups in total. The van der Waals surface area contributed by atoms with E-state index in [1.807, 2.05) is 0 Å². The summed E-state index contributed by atoms with van der Waals surface area (Å²) in [4.78, 5) is 4.31. The lowest BCUT2D eigenvalue weighted by molar-refractivity contribution is 0.130. The zero-order valence-electron chi connectivity index (χ0n) is 11.1. The van der Waals surface area contributed by atoms with Gasteiger partial charge in [0.2, 0.25) is 0 Å². The quantitative estimate of drug-likeness (QED) is 0.388. The van der Waals surface area contributed by atoms with Gasteiger partial charge in [0.1, 0.15) is 0 Å². The van der Waals surface area contributed by atoms with Crippen molar-refractivity contribution in [3.63, 3.8) is 0 Å². The number of hydrogen-bond donors (Lipinski definition) is 2. The van der Waals surface area contributed by atoms with Crippen molar-refractivity contribution in [3.05, 3.63) is 0 Å². The van der Waals surface area contributed by atoms with Crippen LogP contribution < -0.4 is 11.1 Å². The zero-order chi connectivity index (χ0) is 12.3. The van der Waals surface area contributed by atoms with Crippen molar-refractivity contribution in [3.8, 4) is 0 Å². The Morgan fingerprint density at radius 3 is 2.71 bits per heavy atom. The first-order valence-electron chi connectivity index (χ1n) is 6.97. The van der Waals surface area contributed by atoms with Gasteiger partial charge in [0, 0.05) is 25.8 Å². The van der Waals surface area contributed by atoms with Crippen molar-refractivity contribution >= 4 is 5.96 Å². The molecule has 0 aliphatic heterocycles. The minimum Gasteiger partial charge on any atom is -0.381 e. The molecule has 100 valence electrons. The van der Waals surface area contributed by atoms with E-state index in [0.29, 0.717) is 12.0 Å². The molecule has 0 aromatic rings. The molecule has 0 unspecified atom stereocenters. The third kappa shape index (κ3) is 7.21. The lowest BCUT2D eigenvalue weighted by Gasteiger charge is -2.12. The summed E-state index contributed by atoms with van der Waals surface area (Å²) >= 11 is 0. The number of ether oxygens (including phenoxy) is 1. The van der Waals surface area contributed by atoms with Crippen LogP contribution in [0.25, 0.3) is 0 Å². The second-order valence-electron chi connectivity index (χ2n) is 4.71. The number of nitrogens with one attached hydrogen (secondary N) is 1. The van der Waals surface area contributed by atoms with Crippen molar-refractivity contribution in [1.82, 2.24) is 5.32 Å². The van der Waals surface area contributed by atoms with Crippen LogP contribution in [-0.2, 0) is 4.74 Å². The fourth-order valence-electron chi connectivity index (χ4n) is 2.04. The van der Waals surface area contributed by atoms with E-state index in [1.54, 1.807) is 0 Å². The number of nitrogens with two attached hydrogens (primary N) is 1. The van der Waals surface area contributed by atoms with Gasteiger partial charge < -0.3 is 15.8 Å². The molecule has 4 heteroatoms. The molecule has 1 fully saturated rings. The van der Waals surface area contributed by atoms with Crippen molar-refractivity contribution in [2.75, 3.05) is 19.8 Å². The van der Waals surface area contributed by atoms with E-state index < -0.39 is 0 Å². The first kappa shape index (κ1) is 14.3. The summed E-state index contributed by atoms with van der Waals surface area (Å²) in [5.41, 5.74) is 5.81. The first-order chi connectivity index (χ1) is 8.33. The maximum Gasteiger partial charge on any atom is 0.188 e. The highest BCUT2D eigenvalue weighted by atomic mass is 16.5. The molecule has 4 nitrogen and oxygen atoms in total. The Hall–Kier alpha value is -0.770. The van der Waals surface area contributed by atoms with E-state index in [0.717, 1.165) is 32.6 Å². The molecule has 0 amide bonds. The topological polar surface area (TPSA) is 59.6 Å². The predicted octanol–water partition coefficient (Wildman–Crippen LogP) is 2.04. The zero-order valence-corrected chi connectivity index (χ0v) is 11.1. The molecule has 0 saturated heterocycles. The van der Waals surface area contributed by atoms with Crippen LogP contribution in [0, 0.1) is 0 Å². The maximum atomic E-state index is 5.81. The highest BCUT2D eigenvalue weighted by Crippen LogP contribution is 2.17. The smallest absolute Gasteiger partial charge is 0.188 e. The Morgan fingerprint density at radius 1 is 1.29 bits per heavy atom. The molecule has 1 rings (SSSR count). The van der Waals surface area contributed by atoms with Gasteiger partial charge in [0.15, 0.2) is 5.96 Å². The van der Waals surface area contributed by atoms with Gasteiger partial charge in [-0.1, -0.05) is 26.2 Å². The fraction of sp³-hybridized carbons (Fsp3) is 0.923. The molecule has 0 aromatic carbocycles. The van der Waals surface area contributed by atoms with Crippen LogP contribution in [0.3, 0.4) is 0 Å². The Bertz CT molecular complexity index is 213. The Kier molecular flexibility index (Phi) is 7.80. The van der Waals surface area contributed by atoms with Crippen molar-refractivity contribution in [2.24, 2.45) is 10.7 Å². The lowest BCUT2D eigenvalue weighted by atomic mass is 10.2. The number of hydrogen-bond acceptors (Lipinski definition) is 2. The molecule has 1 aliphatic carbocycles. The van der Waals surface area contributed by atoms with Crippen LogP contribution in [0.15, 0.2) is 4.99 Å². The average molecular weight is 241 g/mol. The van der Waals surface area contributed by atoms with Crippen LogP contribution in [0.1, 0.15) is 51.9 Å². The Labute approximate surface area is 105 Å². The summed E-state index contributed by atoms with van der Waals surface area (Å²) in [5, 5.41) is 3.28. The highest BCUT2D eigenvalue weighted by molar-refractivity contribution is 5.78. The summed E-state index contributed by atoms with van der Waals surface area (Å²) in [6, 6.07) is 0.555. The number of nitrogens with zero attached hydrogens (tertiary/aromatic N) is 1. The molecule has 0 radical (unpaired) electrons. The van der Waals surface area contributed by atoms with Crippen molar-refractivity contribution < 1.29 is 4.74 Å². The summed E-state index contributed by atoms with van der Waals surface area (Å²) in [7, 11) is 0. The molecular formula is C13H27N3O. The maximum absolute atomic E-state index is 5.81. The number of unbranched alkanes of at least 4 members (excludes halogenated alkanes) is 1. The van der Waals surface area contributed by atoms with E-state index in [9.17, 15) is 0 Å². The molecule has 0 bridgehead atoms. The lowest BCUT2D eigenvalue weighted by Crippen LogP contribution is -2.38. The average Bonchev–Trinajstić information content (AvgIpc) is 2.80. The minimum atomic E-state index is 0.555. The van der Waals surface area contributed by atoms with Gasteiger partial charge in [-0.25, -0.2) is 0 Å². The van der Waals surface area contributed by atoms with Gasteiger partial charge in [-0.2, -0.15) is 0 Å². The minimum absolute atomic E-state index is 0.555. The summed E-state index contributed by atoms with van der Waals surface area (Å²) in [6.45, 7) is 4.59. The van der Waals surface area contributed by atoms with Crippen LogP contribution >= 0.6 is 0 Å². The Morgan fingerprint density at radius 2 is 2.00 bits per heavy atom. The van der Waals surface area contributed by atoms with Crippen molar-refractivity contribution in [1.29, 1.82) is 0 Å². The second-order valence-corrected chi connectivity index (χ2v) is 4.71. The molecule has 0 heterocycles. The number of rotatable bonds is 8. The number of aliphatic imine (C=N–C) groups is 1. The van der Waals surface area contributed by atoms with Gasteiger partial charge >= 0.3 is 0 Å². The fourth-order valence-corrected chi connectivity index (χ4v) is 2.04. The summed E-state index contributed by atoms with van der Waals surface area (Å²) in [5.74, 6) is 0.602. The summed E-state index contributed by atoms with van der Waals surface area (Å²) in [6.07, 6.45) is 8.39. The monoisotopic (exact) mass is 241 g/mol. The van der Waals surface area contributed by atoms with Crippen LogP contribution in [0.5, 0.6) is 0 Å². The van der Waals surface area contributed by atoms with Gasteiger partial charge in [-0.3, -0.25) is 4.99 Å². The number of guanidine groups is 1. The Balaban J connectivity index is 1.95. The van der Waals surface area contributed by atoms with E-state index in [1.165, 1.54) is 32.1 Å². The molecule has 17 heavy (non-hydrogen) atoms. The van der Waals surface area contributed by atoms with E-state index in [4.69, 9.17) is 10.5 Å². The van der Waals surface area contributed by atoms with Crippen LogP contribution in [0.2, 0.25) is 0 Å². The van der Waals surface area contributed by atoms with E-state index >= 15 is 0 Å². The SMILES string of the molecule is CCCCOCCCN=C(N)NC1CCCC1. The third-order valence-corrected chi connectivity index (χ3v) is 3.08. The molecule has 1 aliphatic rings. The van der Waals surface area contributed by atoms with Gasteiger partial charge in [0.25, 0.3) is 0 Å². The van der Waals surface area contributed by atoms with Gasteiger partial charge in [0.05, 0.1) is 0 Å². The normalized spacial score (nSPS) is 17.6.